The van der Waals surface area contributed by atoms with Gasteiger partial charge in [-0.05, 0) is 32.0 Å². The number of rotatable bonds is 4. The molecule has 0 saturated carbocycles. The van der Waals surface area contributed by atoms with Crippen LogP contribution < -0.4 is 15.0 Å². The molecule has 2 aromatic rings. The average molecular weight is 445 g/mol. The molecule has 1 N–H and O–H groups in total. The minimum atomic E-state index is -2.48. The first-order valence-electron chi connectivity index (χ1n) is 9.82. The van der Waals surface area contributed by atoms with Crippen molar-refractivity contribution in [2.75, 3.05) is 30.5 Å². The molecule has 0 aliphatic carbocycles. The molecule has 4 rings (SSSR count). The molecule has 162 valence electrons. The number of hydrogen-bond donors (Lipinski definition) is 1. The first-order chi connectivity index (χ1) is 14.8. The molecule has 0 fully saturated rings. The summed E-state index contributed by atoms with van der Waals surface area (Å²) in [7, 11) is 1.57. The van der Waals surface area contributed by atoms with E-state index in [4.69, 9.17) is 25.8 Å². The number of nitrogens with zero attached hydrogens (tertiary/aromatic N) is 1. The van der Waals surface area contributed by atoms with E-state index < -0.39 is 29.0 Å². The van der Waals surface area contributed by atoms with Crippen LogP contribution in [-0.2, 0) is 29.4 Å². The third-order valence-corrected chi connectivity index (χ3v) is 5.71. The van der Waals surface area contributed by atoms with Crippen LogP contribution in [0, 0.1) is 0 Å². The van der Waals surface area contributed by atoms with Gasteiger partial charge in [-0.25, -0.2) is 9.59 Å². The molecule has 1 atom stereocenters. The lowest BCUT2D eigenvalue weighted by Gasteiger charge is -2.47. The summed E-state index contributed by atoms with van der Waals surface area (Å²) in [6.07, 6.45) is 0. The van der Waals surface area contributed by atoms with Gasteiger partial charge in [0.15, 0.2) is 0 Å². The van der Waals surface area contributed by atoms with Gasteiger partial charge in [0.05, 0.1) is 18.9 Å². The molecule has 8 nitrogen and oxygen atoms in total. The quantitative estimate of drug-likeness (QED) is 0.572. The lowest BCUT2D eigenvalue weighted by molar-refractivity contribution is -0.189. The molecule has 1 spiro atoms. The summed E-state index contributed by atoms with van der Waals surface area (Å²) in [5.74, 6) is -2.51. The van der Waals surface area contributed by atoms with Crippen LogP contribution in [0.4, 0.5) is 11.4 Å². The molecular formula is C22H21ClN2O6. The number of likely N-dealkylation sites (N-methyl/N-ethyl adjacent to an activating group) is 1. The van der Waals surface area contributed by atoms with Crippen LogP contribution in [-0.4, -0.2) is 43.7 Å². The van der Waals surface area contributed by atoms with E-state index >= 15 is 0 Å². The zero-order valence-electron chi connectivity index (χ0n) is 17.2. The highest BCUT2D eigenvalue weighted by molar-refractivity contribution is 6.31. The van der Waals surface area contributed by atoms with Gasteiger partial charge in [0.1, 0.15) is 5.75 Å². The fraction of sp³-hybridized carbons (Fsp3) is 0.318. The summed E-state index contributed by atoms with van der Waals surface area (Å²) in [6.45, 7) is 3.13. The minimum absolute atomic E-state index is 0.0342. The SMILES string of the molecule is CCOC(=O)C1(C(=O)OCC)Oc2cc(Cl)ccc2N[C@]12C(=O)N(C)c1ccccc12. The lowest BCUT2D eigenvalue weighted by Crippen LogP contribution is -2.74. The fourth-order valence-corrected chi connectivity index (χ4v) is 4.34. The Labute approximate surface area is 184 Å². The van der Waals surface area contributed by atoms with Crippen LogP contribution in [0.1, 0.15) is 19.4 Å². The fourth-order valence-electron chi connectivity index (χ4n) is 4.17. The molecule has 0 radical (unpaired) electrons. The number of nitrogens with one attached hydrogen (secondary N) is 1. The normalized spacial score (nSPS) is 20.4. The second-order valence-corrected chi connectivity index (χ2v) is 7.56. The van der Waals surface area contributed by atoms with E-state index in [9.17, 15) is 14.4 Å². The molecule has 2 aliphatic heterocycles. The molecule has 2 aliphatic rings. The van der Waals surface area contributed by atoms with Crippen molar-refractivity contribution in [1.82, 2.24) is 0 Å². The van der Waals surface area contributed by atoms with Crippen LogP contribution in [0.5, 0.6) is 5.75 Å². The smallest absolute Gasteiger partial charge is 0.366 e. The Balaban J connectivity index is 2.09. The maximum absolute atomic E-state index is 13.8. The van der Waals surface area contributed by atoms with E-state index in [1.807, 2.05) is 0 Å². The van der Waals surface area contributed by atoms with Crippen molar-refractivity contribution in [1.29, 1.82) is 0 Å². The van der Waals surface area contributed by atoms with Crippen LogP contribution in [0.3, 0.4) is 0 Å². The van der Waals surface area contributed by atoms with Crippen molar-refractivity contribution < 1.29 is 28.6 Å². The molecule has 9 heteroatoms. The number of benzene rings is 2. The Bertz CT molecular complexity index is 1070. The number of carbonyl (C=O) groups excluding carboxylic acids is 3. The number of halogens is 1. The summed E-state index contributed by atoms with van der Waals surface area (Å²) in [6, 6.07) is 11.6. The second kappa shape index (κ2) is 7.46. The topological polar surface area (TPSA) is 94.2 Å². The lowest BCUT2D eigenvalue weighted by atomic mass is 9.73. The van der Waals surface area contributed by atoms with Gasteiger partial charge < -0.3 is 24.4 Å². The Morgan fingerprint density at radius 3 is 2.39 bits per heavy atom. The van der Waals surface area contributed by atoms with Crippen LogP contribution in [0.25, 0.3) is 0 Å². The third kappa shape index (κ3) is 2.71. The van der Waals surface area contributed by atoms with Crippen molar-refractivity contribution >= 4 is 40.8 Å². The Morgan fingerprint density at radius 1 is 1.10 bits per heavy atom. The molecule has 0 unspecified atom stereocenters. The molecule has 1 amide bonds. The van der Waals surface area contributed by atoms with E-state index in [0.717, 1.165) is 0 Å². The number of fused-ring (bicyclic) bond motifs is 3. The first kappa shape index (κ1) is 21.0. The standard InChI is InChI=1S/C22H21ClN2O6/c1-4-29-19(27)22(20(28)30-5-2)21(24-15-11-10-13(23)12-17(15)31-22)14-8-6-7-9-16(14)25(3)18(21)26/h6-12,24H,4-5H2,1-3H3/t21-/m1/s1. The van der Waals surface area contributed by atoms with Crippen molar-refractivity contribution in [3.8, 4) is 5.75 Å². The Hall–Kier alpha value is -3.26. The van der Waals surface area contributed by atoms with E-state index in [2.05, 4.69) is 5.32 Å². The molecular weight excluding hydrogens is 424 g/mol. The van der Waals surface area contributed by atoms with E-state index in [1.165, 1.54) is 11.0 Å². The van der Waals surface area contributed by atoms with Gasteiger partial charge in [-0.3, -0.25) is 4.79 Å². The van der Waals surface area contributed by atoms with Crippen LogP contribution in [0.2, 0.25) is 5.02 Å². The number of esters is 2. The summed E-state index contributed by atoms with van der Waals surface area (Å²) in [5, 5.41) is 3.46. The highest BCUT2D eigenvalue weighted by Crippen LogP contribution is 2.54. The maximum atomic E-state index is 13.8. The number of carbonyl (C=O) groups is 3. The van der Waals surface area contributed by atoms with Crippen molar-refractivity contribution in [2.24, 2.45) is 0 Å². The van der Waals surface area contributed by atoms with Gasteiger partial charge in [0.2, 0.25) is 5.54 Å². The number of hydrogen-bond acceptors (Lipinski definition) is 7. The highest BCUT2D eigenvalue weighted by atomic mass is 35.5. The maximum Gasteiger partial charge on any atom is 0.366 e. The molecule has 2 heterocycles. The van der Waals surface area contributed by atoms with E-state index in [0.29, 0.717) is 22.0 Å². The van der Waals surface area contributed by atoms with E-state index in [-0.39, 0.29) is 19.0 Å². The summed E-state index contributed by atoms with van der Waals surface area (Å²) in [5.41, 5.74) is -3.11. The highest BCUT2D eigenvalue weighted by Gasteiger charge is 2.76. The predicted octanol–water partition coefficient (Wildman–Crippen LogP) is 2.88. The molecule has 0 aromatic heterocycles. The number of anilines is 2. The van der Waals surface area contributed by atoms with Crippen LogP contribution >= 0.6 is 11.6 Å². The largest absolute Gasteiger partial charge is 0.462 e. The average Bonchev–Trinajstić information content (AvgIpc) is 2.97. The van der Waals surface area contributed by atoms with Gasteiger partial charge in [-0.2, -0.15) is 0 Å². The summed E-state index contributed by atoms with van der Waals surface area (Å²) < 4.78 is 16.6. The Morgan fingerprint density at radius 2 is 1.74 bits per heavy atom. The molecule has 0 bridgehead atoms. The monoisotopic (exact) mass is 444 g/mol. The van der Waals surface area contributed by atoms with Crippen LogP contribution in [0.15, 0.2) is 42.5 Å². The Kier molecular flexibility index (Phi) is 5.05. The zero-order chi connectivity index (χ0) is 22.4. The third-order valence-electron chi connectivity index (χ3n) is 5.48. The van der Waals surface area contributed by atoms with Gasteiger partial charge in [-0.1, -0.05) is 29.8 Å². The first-order valence-corrected chi connectivity index (χ1v) is 10.2. The number of ether oxygens (including phenoxy) is 3. The van der Waals surface area contributed by atoms with Crippen molar-refractivity contribution in [3.63, 3.8) is 0 Å². The second-order valence-electron chi connectivity index (χ2n) is 7.12. The molecule has 2 aromatic carbocycles. The number of para-hydroxylation sites is 1. The van der Waals surface area contributed by atoms with Crippen molar-refractivity contribution in [3.05, 3.63) is 53.1 Å². The van der Waals surface area contributed by atoms with Gasteiger partial charge in [-0.15, -0.1) is 0 Å². The number of amides is 1. The molecule has 31 heavy (non-hydrogen) atoms. The minimum Gasteiger partial charge on any atom is -0.462 e. The summed E-state index contributed by atoms with van der Waals surface area (Å²) >= 11 is 6.12. The molecule has 0 saturated heterocycles. The van der Waals surface area contributed by atoms with E-state index in [1.54, 1.807) is 57.3 Å². The van der Waals surface area contributed by atoms with Gasteiger partial charge in [0.25, 0.3) is 5.91 Å². The summed E-state index contributed by atoms with van der Waals surface area (Å²) in [4.78, 5) is 42.1. The predicted molar refractivity (Wildman–Crippen MR) is 113 cm³/mol. The van der Waals surface area contributed by atoms with Gasteiger partial charge in [0, 0.05) is 29.4 Å². The van der Waals surface area contributed by atoms with Gasteiger partial charge >= 0.3 is 17.5 Å². The van der Waals surface area contributed by atoms with Crippen molar-refractivity contribution in [2.45, 2.75) is 25.0 Å². The zero-order valence-corrected chi connectivity index (χ0v) is 18.0.